The van der Waals surface area contributed by atoms with Crippen LogP contribution in [0.2, 0.25) is 0 Å². The number of aliphatic hydroxyl groups is 1. The summed E-state index contributed by atoms with van der Waals surface area (Å²) in [5.74, 6) is -0.200. The highest BCUT2D eigenvalue weighted by atomic mass is 16.4. The average Bonchev–Trinajstić information content (AvgIpc) is 2.91. The van der Waals surface area contributed by atoms with Crippen molar-refractivity contribution in [3.63, 3.8) is 0 Å². The largest absolute Gasteiger partial charge is 0.478 e. The minimum absolute atomic E-state index is 0.246. The van der Waals surface area contributed by atoms with Crippen LogP contribution in [0.25, 0.3) is 0 Å². The van der Waals surface area contributed by atoms with Gasteiger partial charge in [0.2, 0.25) is 0 Å². The van der Waals surface area contributed by atoms with Gasteiger partial charge in [0.15, 0.2) is 0 Å². The molecule has 1 aromatic rings. The molecule has 1 saturated heterocycles. The maximum atomic E-state index is 11.3. The maximum absolute atomic E-state index is 11.3. The van der Waals surface area contributed by atoms with E-state index in [0.717, 1.165) is 25.9 Å². The van der Waals surface area contributed by atoms with Crippen LogP contribution in [-0.2, 0) is 0 Å². The molecule has 102 valence electrons. The summed E-state index contributed by atoms with van der Waals surface area (Å²) >= 11 is 0. The Balaban J connectivity index is 1.91. The Labute approximate surface area is 111 Å². The predicted molar refractivity (Wildman–Crippen MR) is 72.2 cm³/mol. The zero-order valence-electron chi connectivity index (χ0n) is 10.6. The summed E-state index contributed by atoms with van der Waals surface area (Å²) in [4.78, 5) is 13.3. The third kappa shape index (κ3) is 2.04. The van der Waals surface area contributed by atoms with Crippen LogP contribution in [0.5, 0.6) is 0 Å². The van der Waals surface area contributed by atoms with Gasteiger partial charge in [0.25, 0.3) is 0 Å². The summed E-state index contributed by atoms with van der Waals surface area (Å²) in [7, 11) is 0. The molecule has 3 atom stereocenters. The first-order valence-corrected chi connectivity index (χ1v) is 6.62. The van der Waals surface area contributed by atoms with Crippen molar-refractivity contribution >= 4 is 17.3 Å². The molecule has 1 saturated carbocycles. The smallest absolute Gasteiger partial charge is 0.337 e. The fraction of sp³-hybridized carbons (Fsp3) is 0.500. The lowest BCUT2D eigenvalue weighted by atomic mass is 10.00. The van der Waals surface area contributed by atoms with Crippen LogP contribution in [0.4, 0.5) is 11.4 Å². The lowest BCUT2D eigenvalue weighted by Gasteiger charge is -2.22. The molecule has 0 amide bonds. The number of fused-ring (bicyclic) bond motifs is 1. The number of nitrogens with zero attached hydrogens (tertiary/aromatic N) is 1. The number of carboxylic acids is 1. The van der Waals surface area contributed by atoms with E-state index in [-0.39, 0.29) is 17.6 Å². The minimum atomic E-state index is -0.937. The van der Waals surface area contributed by atoms with E-state index in [2.05, 4.69) is 4.90 Å². The number of nitrogen functional groups attached to an aromatic ring is 1. The second-order valence-corrected chi connectivity index (χ2v) is 5.56. The van der Waals surface area contributed by atoms with Crippen molar-refractivity contribution in [2.24, 2.45) is 11.8 Å². The lowest BCUT2D eigenvalue weighted by molar-refractivity contribution is 0.0697. The van der Waals surface area contributed by atoms with E-state index >= 15 is 0 Å². The zero-order valence-corrected chi connectivity index (χ0v) is 10.6. The first kappa shape index (κ1) is 12.3. The second-order valence-electron chi connectivity index (χ2n) is 5.56. The number of carbonyl (C=O) groups is 1. The highest BCUT2D eigenvalue weighted by Gasteiger charge is 2.42. The van der Waals surface area contributed by atoms with Gasteiger partial charge in [-0.15, -0.1) is 0 Å². The summed E-state index contributed by atoms with van der Waals surface area (Å²) in [6.07, 6.45) is 1.64. The quantitative estimate of drug-likeness (QED) is 0.697. The molecular formula is C14H18N2O3. The molecule has 0 spiro atoms. The number of rotatable bonds is 2. The van der Waals surface area contributed by atoms with E-state index in [1.54, 1.807) is 18.2 Å². The van der Waals surface area contributed by atoms with Crippen molar-refractivity contribution in [3.8, 4) is 0 Å². The topological polar surface area (TPSA) is 86.8 Å². The molecule has 4 N–H and O–H groups in total. The van der Waals surface area contributed by atoms with Gasteiger partial charge in [-0.1, -0.05) is 0 Å². The highest BCUT2D eigenvalue weighted by molar-refractivity contribution is 5.95. The van der Waals surface area contributed by atoms with E-state index in [4.69, 9.17) is 5.73 Å². The van der Waals surface area contributed by atoms with Gasteiger partial charge < -0.3 is 20.8 Å². The number of anilines is 2. The number of aliphatic hydroxyl groups excluding tert-OH is 1. The molecule has 0 bridgehead atoms. The summed E-state index contributed by atoms with van der Waals surface area (Å²) in [6.45, 7) is 1.53. The molecule has 1 heterocycles. The number of aromatic carboxylic acids is 1. The molecule has 5 nitrogen and oxygen atoms in total. The normalized spacial score (nSPS) is 29.5. The Morgan fingerprint density at radius 1 is 1.32 bits per heavy atom. The monoisotopic (exact) mass is 262 g/mol. The Kier molecular flexibility index (Phi) is 2.86. The van der Waals surface area contributed by atoms with Crippen LogP contribution in [0.1, 0.15) is 23.2 Å². The number of nitrogens with two attached hydrogens (primary N) is 1. The van der Waals surface area contributed by atoms with Crippen molar-refractivity contribution in [3.05, 3.63) is 23.8 Å². The first-order valence-electron chi connectivity index (χ1n) is 6.62. The Morgan fingerprint density at radius 3 is 2.79 bits per heavy atom. The Morgan fingerprint density at radius 2 is 2.11 bits per heavy atom. The zero-order chi connectivity index (χ0) is 13.6. The molecule has 3 unspecified atom stereocenters. The summed E-state index contributed by atoms with van der Waals surface area (Å²) in [6, 6.07) is 4.88. The maximum Gasteiger partial charge on any atom is 0.337 e. The molecule has 0 radical (unpaired) electrons. The number of hydrogen-bond acceptors (Lipinski definition) is 4. The number of carboxylic acid groups (broad SMARTS) is 1. The van der Waals surface area contributed by atoms with Gasteiger partial charge in [0, 0.05) is 24.7 Å². The third-order valence-corrected chi connectivity index (χ3v) is 4.41. The highest BCUT2D eigenvalue weighted by Crippen LogP contribution is 2.40. The van der Waals surface area contributed by atoms with Crippen LogP contribution in [0, 0.1) is 11.8 Å². The number of hydrogen-bond donors (Lipinski definition) is 3. The molecule has 5 heteroatoms. The van der Waals surface area contributed by atoms with Gasteiger partial charge in [-0.25, -0.2) is 4.79 Å². The van der Waals surface area contributed by atoms with Crippen molar-refractivity contribution in [2.45, 2.75) is 18.9 Å². The van der Waals surface area contributed by atoms with Crippen LogP contribution in [0.15, 0.2) is 18.2 Å². The van der Waals surface area contributed by atoms with E-state index in [1.807, 2.05) is 0 Å². The third-order valence-electron chi connectivity index (χ3n) is 4.41. The van der Waals surface area contributed by atoms with E-state index in [0.29, 0.717) is 17.3 Å². The van der Waals surface area contributed by atoms with Gasteiger partial charge >= 0.3 is 5.97 Å². The van der Waals surface area contributed by atoms with Crippen LogP contribution in [-0.4, -0.2) is 35.4 Å². The number of benzene rings is 1. The van der Waals surface area contributed by atoms with Gasteiger partial charge in [0.05, 0.1) is 17.4 Å². The molecule has 2 fully saturated rings. The molecule has 0 aromatic heterocycles. The van der Waals surface area contributed by atoms with Gasteiger partial charge in [0.1, 0.15) is 0 Å². The van der Waals surface area contributed by atoms with Crippen LogP contribution >= 0.6 is 0 Å². The standard InChI is InChI=1S/C14H18N2O3/c15-9-2-3-10(14(18)19)12(5-9)16-6-8-1-4-13(17)11(8)7-16/h2-3,5,8,11,13,17H,1,4,6-7,15H2,(H,18,19). The first-order chi connectivity index (χ1) is 9.06. The molecule has 1 aliphatic carbocycles. The van der Waals surface area contributed by atoms with Gasteiger partial charge in [-0.2, -0.15) is 0 Å². The van der Waals surface area contributed by atoms with Gasteiger partial charge in [-0.3, -0.25) is 0 Å². The molecule has 2 aliphatic rings. The molecule has 1 aliphatic heterocycles. The van der Waals surface area contributed by atoms with Crippen molar-refractivity contribution in [2.75, 3.05) is 23.7 Å². The molecule has 1 aromatic carbocycles. The second kappa shape index (κ2) is 4.42. The Hall–Kier alpha value is -1.75. The van der Waals surface area contributed by atoms with E-state index < -0.39 is 5.97 Å². The fourth-order valence-corrected chi connectivity index (χ4v) is 3.42. The van der Waals surface area contributed by atoms with E-state index in [9.17, 15) is 15.0 Å². The summed E-state index contributed by atoms with van der Waals surface area (Å²) in [5.41, 5.74) is 7.29. The lowest BCUT2D eigenvalue weighted by Crippen LogP contribution is -2.26. The van der Waals surface area contributed by atoms with Crippen molar-refractivity contribution < 1.29 is 15.0 Å². The Bertz CT molecular complexity index is 517. The van der Waals surface area contributed by atoms with E-state index in [1.165, 1.54) is 0 Å². The van der Waals surface area contributed by atoms with Crippen LogP contribution in [0.3, 0.4) is 0 Å². The molecule has 3 rings (SSSR count). The molecule has 19 heavy (non-hydrogen) atoms. The predicted octanol–water partition coefficient (Wildman–Crippen LogP) is 1.17. The average molecular weight is 262 g/mol. The van der Waals surface area contributed by atoms with Crippen molar-refractivity contribution in [1.82, 2.24) is 0 Å². The van der Waals surface area contributed by atoms with Crippen LogP contribution < -0.4 is 10.6 Å². The van der Waals surface area contributed by atoms with Gasteiger partial charge in [-0.05, 0) is 37.0 Å². The minimum Gasteiger partial charge on any atom is -0.478 e. The van der Waals surface area contributed by atoms with Crippen molar-refractivity contribution in [1.29, 1.82) is 0 Å². The fourth-order valence-electron chi connectivity index (χ4n) is 3.42. The summed E-state index contributed by atoms with van der Waals surface area (Å²) < 4.78 is 0. The SMILES string of the molecule is Nc1ccc(C(=O)O)c(N2CC3CCC(O)C3C2)c1. The summed E-state index contributed by atoms with van der Waals surface area (Å²) in [5, 5.41) is 19.2. The molecular weight excluding hydrogens is 244 g/mol.